The fourth-order valence-electron chi connectivity index (χ4n) is 2.52. The first-order valence-corrected chi connectivity index (χ1v) is 8.77. The Labute approximate surface area is 167 Å². The van der Waals surface area contributed by atoms with E-state index in [2.05, 4.69) is 25.3 Å². The van der Waals surface area contributed by atoms with Crippen molar-refractivity contribution in [2.45, 2.75) is 6.54 Å². The van der Waals surface area contributed by atoms with Gasteiger partial charge in [-0.3, -0.25) is 4.79 Å². The SMILES string of the molecule is COC(=O)c1ccc(Nc2cc(C(=O)NCc3ccc(OC)cc3)ncn2)cc1. The van der Waals surface area contributed by atoms with Gasteiger partial charge in [0.05, 0.1) is 19.8 Å². The maximum absolute atomic E-state index is 12.4. The highest BCUT2D eigenvalue weighted by atomic mass is 16.5. The molecule has 0 aliphatic carbocycles. The lowest BCUT2D eigenvalue weighted by Gasteiger charge is -2.09. The van der Waals surface area contributed by atoms with Gasteiger partial charge in [-0.1, -0.05) is 12.1 Å². The van der Waals surface area contributed by atoms with Crippen LogP contribution in [0.4, 0.5) is 11.5 Å². The Morgan fingerprint density at radius 2 is 1.69 bits per heavy atom. The number of esters is 1. The van der Waals surface area contributed by atoms with Crippen molar-refractivity contribution in [1.82, 2.24) is 15.3 Å². The Bertz CT molecular complexity index is 988. The zero-order chi connectivity index (χ0) is 20.6. The number of benzene rings is 2. The number of rotatable bonds is 7. The number of ether oxygens (including phenoxy) is 2. The summed E-state index contributed by atoms with van der Waals surface area (Å²) in [6.45, 7) is 0.366. The van der Waals surface area contributed by atoms with Crippen LogP contribution in [-0.2, 0) is 11.3 Å². The maximum atomic E-state index is 12.4. The summed E-state index contributed by atoms with van der Waals surface area (Å²) in [5.74, 6) is 0.494. The van der Waals surface area contributed by atoms with Crippen LogP contribution in [0.15, 0.2) is 60.9 Å². The van der Waals surface area contributed by atoms with E-state index in [-0.39, 0.29) is 11.6 Å². The smallest absolute Gasteiger partial charge is 0.337 e. The molecule has 1 aromatic heterocycles. The first-order chi connectivity index (χ1) is 14.1. The third kappa shape index (κ3) is 5.29. The van der Waals surface area contributed by atoms with Crippen LogP contribution < -0.4 is 15.4 Å². The molecular formula is C21H20N4O4. The molecule has 0 atom stereocenters. The zero-order valence-corrected chi connectivity index (χ0v) is 16.0. The van der Waals surface area contributed by atoms with Crippen LogP contribution in [0.25, 0.3) is 0 Å². The molecule has 2 aromatic carbocycles. The highest BCUT2D eigenvalue weighted by molar-refractivity contribution is 5.93. The van der Waals surface area contributed by atoms with Gasteiger partial charge < -0.3 is 20.1 Å². The lowest BCUT2D eigenvalue weighted by molar-refractivity contribution is 0.0600. The quantitative estimate of drug-likeness (QED) is 0.596. The molecule has 1 heterocycles. The van der Waals surface area contributed by atoms with Crippen molar-refractivity contribution in [1.29, 1.82) is 0 Å². The van der Waals surface area contributed by atoms with E-state index >= 15 is 0 Å². The number of nitrogens with zero attached hydrogens (tertiary/aromatic N) is 2. The van der Waals surface area contributed by atoms with E-state index in [9.17, 15) is 9.59 Å². The maximum Gasteiger partial charge on any atom is 0.337 e. The van der Waals surface area contributed by atoms with E-state index in [0.717, 1.165) is 11.3 Å². The largest absolute Gasteiger partial charge is 0.497 e. The van der Waals surface area contributed by atoms with Crippen LogP contribution in [0.2, 0.25) is 0 Å². The molecule has 8 heteroatoms. The predicted octanol–water partition coefficient (Wildman–Crippen LogP) is 2.95. The van der Waals surface area contributed by atoms with Gasteiger partial charge in [-0.15, -0.1) is 0 Å². The molecule has 0 aliphatic heterocycles. The van der Waals surface area contributed by atoms with Gasteiger partial charge in [0.1, 0.15) is 23.6 Å². The summed E-state index contributed by atoms with van der Waals surface area (Å²) in [5.41, 5.74) is 2.33. The minimum atomic E-state index is -0.408. The van der Waals surface area contributed by atoms with Crippen LogP contribution in [0, 0.1) is 0 Å². The van der Waals surface area contributed by atoms with Crippen LogP contribution in [0.1, 0.15) is 26.4 Å². The highest BCUT2D eigenvalue weighted by Gasteiger charge is 2.10. The number of hydrogen-bond acceptors (Lipinski definition) is 7. The number of nitrogens with one attached hydrogen (secondary N) is 2. The molecule has 148 valence electrons. The lowest BCUT2D eigenvalue weighted by Crippen LogP contribution is -2.24. The normalized spacial score (nSPS) is 10.1. The molecule has 0 radical (unpaired) electrons. The van der Waals surface area contributed by atoms with Gasteiger partial charge in [0.2, 0.25) is 0 Å². The summed E-state index contributed by atoms with van der Waals surface area (Å²) in [6, 6.07) is 15.7. The van der Waals surface area contributed by atoms with Crippen LogP contribution >= 0.6 is 0 Å². The number of anilines is 2. The molecule has 3 aromatic rings. The second kappa shape index (κ2) is 9.32. The molecular weight excluding hydrogens is 372 g/mol. The van der Waals surface area contributed by atoms with E-state index in [0.29, 0.717) is 23.6 Å². The van der Waals surface area contributed by atoms with E-state index in [1.165, 1.54) is 13.4 Å². The minimum Gasteiger partial charge on any atom is -0.497 e. The Morgan fingerprint density at radius 3 is 2.34 bits per heavy atom. The van der Waals surface area contributed by atoms with Crippen LogP contribution in [0.3, 0.4) is 0 Å². The van der Waals surface area contributed by atoms with Crippen molar-refractivity contribution in [2.75, 3.05) is 19.5 Å². The topological polar surface area (TPSA) is 102 Å². The van der Waals surface area contributed by atoms with Crippen LogP contribution in [0.5, 0.6) is 5.75 Å². The number of carbonyl (C=O) groups is 2. The fourth-order valence-corrected chi connectivity index (χ4v) is 2.52. The molecule has 0 fully saturated rings. The molecule has 0 saturated carbocycles. The summed E-state index contributed by atoms with van der Waals surface area (Å²) >= 11 is 0. The van der Waals surface area contributed by atoms with Crippen molar-refractivity contribution in [3.05, 3.63) is 77.7 Å². The molecule has 8 nitrogen and oxygen atoms in total. The van der Waals surface area contributed by atoms with Crippen molar-refractivity contribution >= 4 is 23.4 Å². The van der Waals surface area contributed by atoms with Gasteiger partial charge in [0, 0.05) is 18.3 Å². The molecule has 2 N–H and O–H groups in total. The average molecular weight is 392 g/mol. The first-order valence-electron chi connectivity index (χ1n) is 8.77. The minimum absolute atomic E-state index is 0.238. The number of aromatic nitrogens is 2. The summed E-state index contributed by atoms with van der Waals surface area (Å²) < 4.78 is 9.79. The van der Waals surface area contributed by atoms with Gasteiger partial charge >= 0.3 is 5.97 Å². The fraction of sp³-hybridized carbons (Fsp3) is 0.143. The number of methoxy groups -OCH3 is 2. The Morgan fingerprint density at radius 1 is 0.966 bits per heavy atom. The zero-order valence-electron chi connectivity index (χ0n) is 16.0. The van der Waals surface area contributed by atoms with Crippen molar-refractivity contribution in [3.8, 4) is 5.75 Å². The van der Waals surface area contributed by atoms with Gasteiger partial charge in [-0.05, 0) is 42.0 Å². The monoisotopic (exact) mass is 392 g/mol. The summed E-state index contributed by atoms with van der Waals surface area (Å²) in [7, 11) is 2.93. The number of hydrogen-bond donors (Lipinski definition) is 2. The van der Waals surface area contributed by atoms with Gasteiger partial charge in [-0.2, -0.15) is 0 Å². The highest BCUT2D eigenvalue weighted by Crippen LogP contribution is 2.16. The Balaban J connectivity index is 1.62. The number of carbonyl (C=O) groups excluding carboxylic acids is 2. The van der Waals surface area contributed by atoms with Gasteiger partial charge in [0.15, 0.2) is 0 Å². The standard InChI is InChI=1S/C21H20N4O4/c1-28-17-9-3-14(4-10-17)12-22-20(26)18-11-19(24-13-23-18)25-16-7-5-15(6-8-16)21(27)29-2/h3-11,13H,12H2,1-2H3,(H,22,26)(H,23,24,25). The summed E-state index contributed by atoms with van der Waals surface area (Å²) in [5, 5.41) is 5.89. The number of amides is 1. The van der Waals surface area contributed by atoms with Gasteiger partial charge in [0.25, 0.3) is 5.91 Å². The third-order valence-corrected chi connectivity index (χ3v) is 4.09. The van der Waals surface area contributed by atoms with Gasteiger partial charge in [-0.25, -0.2) is 14.8 Å². The molecule has 29 heavy (non-hydrogen) atoms. The molecule has 0 spiro atoms. The van der Waals surface area contributed by atoms with E-state index in [1.807, 2.05) is 24.3 Å². The summed E-state index contributed by atoms with van der Waals surface area (Å²) in [4.78, 5) is 32.0. The Kier molecular flexibility index (Phi) is 6.36. The molecule has 0 aliphatic rings. The molecule has 0 saturated heterocycles. The molecule has 1 amide bonds. The van der Waals surface area contributed by atoms with Crippen molar-refractivity contribution in [3.63, 3.8) is 0 Å². The second-order valence-electron chi connectivity index (χ2n) is 6.01. The van der Waals surface area contributed by atoms with E-state index in [1.54, 1.807) is 37.4 Å². The first kappa shape index (κ1) is 19.8. The van der Waals surface area contributed by atoms with E-state index < -0.39 is 5.97 Å². The second-order valence-corrected chi connectivity index (χ2v) is 6.01. The average Bonchev–Trinajstić information content (AvgIpc) is 2.78. The lowest BCUT2D eigenvalue weighted by atomic mass is 10.2. The van der Waals surface area contributed by atoms with Crippen molar-refractivity contribution in [2.24, 2.45) is 0 Å². The predicted molar refractivity (Wildman–Crippen MR) is 107 cm³/mol. The molecule has 0 bridgehead atoms. The van der Waals surface area contributed by atoms with Crippen LogP contribution in [-0.4, -0.2) is 36.1 Å². The molecule has 3 rings (SSSR count). The van der Waals surface area contributed by atoms with E-state index in [4.69, 9.17) is 4.74 Å². The van der Waals surface area contributed by atoms with Crippen molar-refractivity contribution < 1.29 is 19.1 Å². The third-order valence-electron chi connectivity index (χ3n) is 4.09. The summed E-state index contributed by atoms with van der Waals surface area (Å²) in [6.07, 6.45) is 1.31. The molecule has 0 unspecified atom stereocenters. The Hall–Kier alpha value is -3.94.